The van der Waals surface area contributed by atoms with Gasteiger partial charge in [0.25, 0.3) is 5.56 Å². The molecule has 2 heterocycles. The van der Waals surface area contributed by atoms with Crippen LogP contribution in [0.1, 0.15) is 37.7 Å². The fourth-order valence-electron chi connectivity index (χ4n) is 4.08. The Morgan fingerprint density at radius 3 is 2.51 bits per heavy atom. The molecule has 4 aromatic rings. The number of likely N-dealkylation sites (N-methyl/N-ethyl adjacent to an activating group) is 1. The Kier molecular flexibility index (Phi) is 8.19. The van der Waals surface area contributed by atoms with E-state index in [1.165, 1.54) is 25.5 Å². The van der Waals surface area contributed by atoms with Crippen LogP contribution in [-0.2, 0) is 23.6 Å². The predicted molar refractivity (Wildman–Crippen MR) is 151 cm³/mol. The van der Waals surface area contributed by atoms with Gasteiger partial charge in [-0.05, 0) is 38.5 Å². The minimum absolute atomic E-state index is 0.0237. The monoisotopic (exact) mass is 553 g/mol. The average Bonchev–Trinajstić information content (AvgIpc) is 3.37. The molecule has 0 radical (unpaired) electrons. The highest BCUT2D eigenvalue weighted by atomic mass is 32.1. The second-order valence-electron chi connectivity index (χ2n) is 9.62. The number of nitrogens with one attached hydrogen (secondary N) is 1. The third-order valence-electron chi connectivity index (χ3n) is 6.43. The molecule has 0 unspecified atom stereocenters. The van der Waals surface area contributed by atoms with Gasteiger partial charge in [-0.25, -0.2) is 14.4 Å². The molecule has 2 aromatic heterocycles. The molecule has 39 heavy (non-hydrogen) atoms. The Balaban J connectivity index is 1.67. The maximum absolute atomic E-state index is 15.4. The summed E-state index contributed by atoms with van der Waals surface area (Å²) in [7, 11) is 4.79. The molecule has 1 N–H and O–H groups in total. The van der Waals surface area contributed by atoms with Crippen molar-refractivity contribution in [3.8, 4) is 11.5 Å². The van der Waals surface area contributed by atoms with Gasteiger partial charge >= 0.3 is 0 Å². The maximum Gasteiger partial charge on any atom is 0.281 e. The standard InChI is InChI=1S/C28H32FN5O4S/c1-17(23(35)30-15-18-10-8-7-9-11-18)33(4)27-31-22-24(39-27)32-26(28(2,3)29)34(25(22)36)16-19-12-13-20(37-5)14-21(19)38-6/h7-14,17H,15-16H2,1-6H3,(H,30,35)/t17-/m1/s1. The lowest BCUT2D eigenvalue weighted by molar-refractivity contribution is -0.122. The van der Waals surface area contributed by atoms with Crippen molar-refractivity contribution in [3.05, 3.63) is 75.8 Å². The molecule has 0 bridgehead atoms. The number of hydrogen-bond donors (Lipinski definition) is 1. The zero-order chi connectivity index (χ0) is 28.3. The summed E-state index contributed by atoms with van der Waals surface area (Å²) in [5, 5.41) is 3.35. The number of carbonyl (C=O) groups is 1. The van der Waals surface area contributed by atoms with E-state index in [0.29, 0.717) is 33.6 Å². The highest BCUT2D eigenvalue weighted by molar-refractivity contribution is 7.21. The first-order valence-corrected chi connectivity index (χ1v) is 13.2. The Labute approximate surface area is 230 Å². The van der Waals surface area contributed by atoms with Crippen LogP contribution >= 0.6 is 11.3 Å². The van der Waals surface area contributed by atoms with Gasteiger partial charge < -0.3 is 19.7 Å². The van der Waals surface area contributed by atoms with E-state index in [9.17, 15) is 9.59 Å². The zero-order valence-electron chi connectivity index (χ0n) is 22.8. The first kappa shape index (κ1) is 28.0. The summed E-state index contributed by atoms with van der Waals surface area (Å²) in [6.07, 6.45) is 0. The zero-order valence-corrected chi connectivity index (χ0v) is 23.6. The van der Waals surface area contributed by atoms with Gasteiger partial charge in [0, 0.05) is 25.2 Å². The fourth-order valence-corrected chi connectivity index (χ4v) is 5.05. The molecule has 0 spiro atoms. The average molecular weight is 554 g/mol. The van der Waals surface area contributed by atoms with Crippen LogP contribution in [0.2, 0.25) is 0 Å². The van der Waals surface area contributed by atoms with Crippen molar-refractivity contribution in [3.63, 3.8) is 0 Å². The van der Waals surface area contributed by atoms with Crippen LogP contribution in [0.3, 0.4) is 0 Å². The molecule has 0 aliphatic carbocycles. The number of hydrogen-bond acceptors (Lipinski definition) is 8. The van der Waals surface area contributed by atoms with E-state index in [4.69, 9.17) is 9.47 Å². The van der Waals surface area contributed by atoms with Crippen LogP contribution in [0, 0.1) is 0 Å². The van der Waals surface area contributed by atoms with E-state index < -0.39 is 17.3 Å². The highest BCUT2D eigenvalue weighted by Crippen LogP contribution is 2.31. The number of thiazole rings is 1. The summed E-state index contributed by atoms with van der Waals surface area (Å²) in [6.45, 7) is 4.89. The topological polar surface area (TPSA) is 98.6 Å². The third kappa shape index (κ3) is 6.03. The van der Waals surface area contributed by atoms with Crippen molar-refractivity contribution in [2.45, 2.75) is 45.6 Å². The maximum atomic E-state index is 15.4. The smallest absolute Gasteiger partial charge is 0.281 e. The number of anilines is 1. The molecule has 0 aliphatic rings. The van der Waals surface area contributed by atoms with Crippen LogP contribution < -0.4 is 25.2 Å². The van der Waals surface area contributed by atoms with Crippen molar-refractivity contribution >= 4 is 32.7 Å². The first-order valence-electron chi connectivity index (χ1n) is 12.4. The normalized spacial score (nSPS) is 12.3. The van der Waals surface area contributed by atoms with Crippen molar-refractivity contribution in [1.29, 1.82) is 0 Å². The molecule has 0 saturated heterocycles. The van der Waals surface area contributed by atoms with Crippen LogP contribution in [0.5, 0.6) is 11.5 Å². The number of halogens is 1. The van der Waals surface area contributed by atoms with Crippen molar-refractivity contribution < 1.29 is 18.7 Å². The SMILES string of the molecule is COc1ccc(Cn2c(C(C)(C)F)nc3sc(N(C)[C@H](C)C(=O)NCc4ccccc4)nc3c2=O)c(OC)c1. The minimum atomic E-state index is -1.91. The van der Waals surface area contributed by atoms with Gasteiger partial charge in [-0.3, -0.25) is 14.2 Å². The van der Waals surface area contributed by atoms with Gasteiger partial charge in [0.2, 0.25) is 5.91 Å². The third-order valence-corrected chi connectivity index (χ3v) is 7.47. The first-order chi connectivity index (χ1) is 18.5. The number of nitrogens with zero attached hydrogens (tertiary/aromatic N) is 4. The summed E-state index contributed by atoms with van der Waals surface area (Å²) >= 11 is 1.14. The molecule has 9 nitrogen and oxygen atoms in total. The Hall–Kier alpha value is -3.99. The molecule has 0 fully saturated rings. The van der Waals surface area contributed by atoms with Gasteiger partial charge in [-0.1, -0.05) is 41.7 Å². The number of alkyl halides is 1. The molecule has 1 amide bonds. The number of aromatic nitrogens is 3. The summed E-state index contributed by atoms with van der Waals surface area (Å²) in [4.78, 5) is 37.5. The lowest BCUT2D eigenvalue weighted by Crippen LogP contribution is -2.43. The van der Waals surface area contributed by atoms with Gasteiger partial charge in [0.05, 0.1) is 20.8 Å². The van der Waals surface area contributed by atoms with Crippen molar-refractivity contribution in [1.82, 2.24) is 19.9 Å². The van der Waals surface area contributed by atoms with E-state index in [1.54, 1.807) is 44.2 Å². The van der Waals surface area contributed by atoms with Crippen LogP contribution in [0.15, 0.2) is 53.3 Å². The van der Waals surface area contributed by atoms with Crippen LogP contribution in [0.25, 0.3) is 10.3 Å². The van der Waals surface area contributed by atoms with Crippen molar-refractivity contribution in [2.24, 2.45) is 0 Å². The fraction of sp³-hybridized carbons (Fsp3) is 0.357. The summed E-state index contributed by atoms with van der Waals surface area (Å²) in [5.41, 5.74) is -0.633. The number of amides is 1. The summed E-state index contributed by atoms with van der Waals surface area (Å²) < 4.78 is 27.4. The molecule has 11 heteroatoms. The van der Waals surface area contributed by atoms with Gasteiger partial charge in [-0.2, -0.15) is 0 Å². The Morgan fingerprint density at radius 2 is 1.87 bits per heavy atom. The number of methoxy groups -OCH3 is 2. The molecule has 206 valence electrons. The number of benzene rings is 2. The Morgan fingerprint density at radius 1 is 1.15 bits per heavy atom. The van der Waals surface area contributed by atoms with Crippen molar-refractivity contribution in [2.75, 3.05) is 26.2 Å². The predicted octanol–water partition coefficient (Wildman–Crippen LogP) is 4.26. The molecule has 2 aromatic carbocycles. The number of fused-ring (bicyclic) bond motifs is 1. The van der Waals surface area contributed by atoms with E-state index in [1.807, 2.05) is 30.3 Å². The minimum Gasteiger partial charge on any atom is -0.497 e. The van der Waals surface area contributed by atoms with E-state index >= 15 is 4.39 Å². The van der Waals surface area contributed by atoms with Crippen LogP contribution in [0.4, 0.5) is 9.52 Å². The van der Waals surface area contributed by atoms with Gasteiger partial charge in [0.15, 0.2) is 27.0 Å². The second-order valence-corrected chi connectivity index (χ2v) is 10.6. The number of carbonyl (C=O) groups excluding carboxylic acids is 1. The van der Waals surface area contributed by atoms with Gasteiger partial charge in [-0.15, -0.1) is 0 Å². The second kappa shape index (κ2) is 11.4. The quantitative estimate of drug-likeness (QED) is 0.313. The Bertz CT molecular complexity index is 1530. The largest absolute Gasteiger partial charge is 0.497 e. The molecule has 1 atom stereocenters. The van der Waals surface area contributed by atoms with Crippen LogP contribution in [-0.4, -0.2) is 47.8 Å². The highest BCUT2D eigenvalue weighted by Gasteiger charge is 2.30. The summed E-state index contributed by atoms with van der Waals surface area (Å²) in [6, 6.07) is 14.2. The number of rotatable bonds is 10. The lowest BCUT2D eigenvalue weighted by atomic mass is 10.1. The molecular weight excluding hydrogens is 521 g/mol. The summed E-state index contributed by atoms with van der Waals surface area (Å²) in [5.74, 6) is 0.877. The molecule has 0 aliphatic heterocycles. The molecular formula is C28H32FN5O4S. The lowest BCUT2D eigenvalue weighted by Gasteiger charge is -2.23. The van der Waals surface area contributed by atoms with E-state index in [0.717, 1.165) is 16.9 Å². The van der Waals surface area contributed by atoms with E-state index in [-0.39, 0.29) is 23.8 Å². The van der Waals surface area contributed by atoms with Gasteiger partial charge in [0.1, 0.15) is 17.5 Å². The molecule has 0 saturated carbocycles. The molecule has 4 rings (SSSR count). The number of ether oxygens (including phenoxy) is 2. The van der Waals surface area contributed by atoms with E-state index in [2.05, 4.69) is 15.3 Å².